The van der Waals surface area contributed by atoms with Gasteiger partial charge in [0.1, 0.15) is 61.4 Å². The van der Waals surface area contributed by atoms with Crippen molar-refractivity contribution in [3.05, 3.63) is 60.7 Å². The van der Waals surface area contributed by atoms with E-state index in [-0.39, 0.29) is 85.5 Å². The second-order valence-corrected chi connectivity index (χ2v) is 11.6. The first-order valence-corrected chi connectivity index (χ1v) is 17.2. The number of carboxylic acids is 1. The van der Waals surface area contributed by atoms with Gasteiger partial charge in [-0.3, -0.25) is 19.2 Å². The van der Waals surface area contributed by atoms with Gasteiger partial charge in [0.25, 0.3) is 0 Å². The Labute approximate surface area is 315 Å². The summed E-state index contributed by atoms with van der Waals surface area (Å²) in [7, 11) is 1.54. The van der Waals surface area contributed by atoms with Gasteiger partial charge in [-0.1, -0.05) is 0 Å². The number of aliphatic carboxylic acids is 1. The summed E-state index contributed by atoms with van der Waals surface area (Å²) in [4.78, 5) is 59.3. The Morgan fingerprint density at radius 1 is 0.564 bits per heavy atom. The highest BCUT2D eigenvalue weighted by molar-refractivity contribution is 5.91. The molecule has 0 unspecified atom stereocenters. The molecule has 0 aliphatic carbocycles. The SMILES string of the molecule is COc1ccc(-c2nc(-c3ccc(OCCO)cc3O)nc(-c3ccc(OCCOC(=O)CC(=O)OCCCCCCOC(=O)CC(=O)O)cc3O)n2)cc1. The van der Waals surface area contributed by atoms with Crippen LogP contribution in [-0.2, 0) is 33.4 Å². The monoisotopic (exact) mass is 763 g/mol. The van der Waals surface area contributed by atoms with E-state index >= 15 is 0 Å². The fourth-order valence-electron chi connectivity index (χ4n) is 4.87. The summed E-state index contributed by atoms with van der Waals surface area (Å²) < 4.78 is 31.1. The van der Waals surface area contributed by atoms with E-state index in [1.165, 1.54) is 18.2 Å². The highest BCUT2D eigenvalue weighted by atomic mass is 16.6. The average molecular weight is 764 g/mol. The van der Waals surface area contributed by atoms with Gasteiger partial charge in [0.05, 0.1) is 38.1 Å². The zero-order chi connectivity index (χ0) is 39.6. The van der Waals surface area contributed by atoms with Crippen LogP contribution in [-0.4, -0.2) is 106 Å². The third kappa shape index (κ3) is 13.5. The first kappa shape index (κ1) is 41.3. The lowest BCUT2D eigenvalue weighted by atomic mass is 10.1. The molecule has 0 atom stereocenters. The molecule has 0 saturated heterocycles. The predicted molar refractivity (Wildman–Crippen MR) is 192 cm³/mol. The quantitative estimate of drug-likeness (QED) is 0.0381. The summed E-state index contributed by atoms with van der Waals surface area (Å²) in [5.41, 5.74) is 1.11. The number of benzene rings is 3. The van der Waals surface area contributed by atoms with Gasteiger partial charge in [-0.2, -0.15) is 0 Å². The Kier molecular flexibility index (Phi) is 16.0. The molecule has 4 rings (SSSR count). The fourth-order valence-corrected chi connectivity index (χ4v) is 4.87. The van der Waals surface area contributed by atoms with Crippen LogP contribution < -0.4 is 14.2 Å². The van der Waals surface area contributed by atoms with Crippen LogP contribution in [0.1, 0.15) is 38.5 Å². The maximum Gasteiger partial charge on any atom is 0.317 e. The van der Waals surface area contributed by atoms with Gasteiger partial charge in [0, 0.05) is 17.7 Å². The number of rotatable bonds is 22. The van der Waals surface area contributed by atoms with Crippen LogP contribution >= 0.6 is 0 Å². The lowest BCUT2D eigenvalue weighted by molar-refractivity contribution is -0.155. The number of aromatic nitrogens is 3. The van der Waals surface area contributed by atoms with E-state index in [1.54, 1.807) is 49.6 Å². The molecule has 55 heavy (non-hydrogen) atoms. The van der Waals surface area contributed by atoms with E-state index in [0.29, 0.717) is 42.7 Å². The van der Waals surface area contributed by atoms with Crippen molar-refractivity contribution in [1.82, 2.24) is 15.0 Å². The van der Waals surface area contributed by atoms with Gasteiger partial charge >= 0.3 is 23.9 Å². The van der Waals surface area contributed by atoms with E-state index in [2.05, 4.69) is 15.0 Å². The summed E-state index contributed by atoms with van der Waals surface area (Å²) in [6.45, 7) is -0.206. The van der Waals surface area contributed by atoms with Crippen molar-refractivity contribution in [2.75, 3.05) is 46.8 Å². The van der Waals surface area contributed by atoms with Crippen LogP contribution in [0.3, 0.4) is 0 Å². The number of aliphatic hydroxyl groups excluding tert-OH is 1. The smallest absolute Gasteiger partial charge is 0.317 e. The predicted octanol–water partition coefficient (Wildman–Crippen LogP) is 4.10. The summed E-state index contributed by atoms with van der Waals surface area (Å²) in [6, 6.07) is 15.9. The van der Waals surface area contributed by atoms with Crippen molar-refractivity contribution in [1.29, 1.82) is 0 Å². The molecule has 1 heterocycles. The lowest BCUT2D eigenvalue weighted by Gasteiger charge is -2.12. The molecule has 4 aromatic rings. The Hall–Kier alpha value is -6.49. The lowest BCUT2D eigenvalue weighted by Crippen LogP contribution is -2.17. The molecular formula is C38H41N3O14. The number of phenols is 2. The maximum absolute atomic E-state index is 12.1. The number of ether oxygens (including phenoxy) is 6. The summed E-state index contributed by atoms with van der Waals surface area (Å²) in [5.74, 6) is -2.34. The van der Waals surface area contributed by atoms with Crippen LogP contribution in [0.2, 0.25) is 0 Å². The van der Waals surface area contributed by atoms with E-state index in [9.17, 15) is 29.4 Å². The van der Waals surface area contributed by atoms with E-state index in [4.69, 9.17) is 38.6 Å². The first-order chi connectivity index (χ1) is 26.6. The van der Waals surface area contributed by atoms with E-state index in [0.717, 1.165) is 0 Å². The molecule has 0 radical (unpaired) electrons. The number of carboxylic acid groups (broad SMARTS) is 1. The number of aliphatic hydroxyl groups is 1. The molecule has 0 fully saturated rings. The number of carbonyl (C=O) groups excluding carboxylic acids is 3. The summed E-state index contributed by atoms with van der Waals surface area (Å²) in [6.07, 6.45) is 1.15. The molecule has 1 aromatic heterocycles. The third-order valence-electron chi connectivity index (χ3n) is 7.53. The molecule has 0 amide bonds. The van der Waals surface area contributed by atoms with Gasteiger partial charge in [-0.05, 0) is 74.2 Å². The maximum atomic E-state index is 12.1. The van der Waals surface area contributed by atoms with Crippen molar-refractivity contribution < 1.29 is 68.0 Å². The normalized spacial score (nSPS) is 10.7. The second-order valence-electron chi connectivity index (χ2n) is 11.6. The van der Waals surface area contributed by atoms with Crippen molar-refractivity contribution in [3.8, 4) is 62.9 Å². The van der Waals surface area contributed by atoms with E-state index in [1.807, 2.05) is 0 Å². The second kappa shape index (κ2) is 21.3. The fraction of sp³-hybridized carbons (Fsp3) is 0.342. The number of nitrogens with zero attached hydrogens (tertiary/aromatic N) is 3. The minimum absolute atomic E-state index is 0.0476. The molecule has 292 valence electrons. The van der Waals surface area contributed by atoms with Crippen molar-refractivity contribution in [2.45, 2.75) is 38.5 Å². The van der Waals surface area contributed by atoms with Crippen molar-refractivity contribution in [2.24, 2.45) is 0 Å². The van der Waals surface area contributed by atoms with Gasteiger partial charge in [0.15, 0.2) is 17.5 Å². The number of phenolic OH excluding ortho intramolecular Hbond substituents is 2. The Balaban J connectivity index is 1.29. The Morgan fingerprint density at radius 2 is 1.04 bits per heavy atom. The third-order valence-corrected chi connectivity index (χ3v) is 7.53. The number of unbranched alkanes of at least 4 members (excludes halogenated alkanes) is 3. The molecule has 4 N–H and O–H groups in total. The zero-order valence-corrected chi connectivity index (χ0v) is 30.0. The molecule has 3 aromatic carbocycles. The van der Waals surface area contributed by atoms with E-state index < -0.39 is 36.7 Å². The number of esters is 3. The first-order valence-electron chi connectivity index (χ1n) is 17.2. The van der Waals surface area contributed by atoms with Crippen LogP contribution in [0.15, 0.2) is 60.7 Å². The standard InChI is InChI=1S/C38H41N3O14/c1-50-25-8-6-24(7-9-25)36-39-37(28-12-10-26(20-30(28)43)51-17-14-42)41-38(40-36)29-13-11-27(21-31(29)44)52-18-19-55-35(49)23-34(48)54-16-5-3-2-4-15-53-33(47)22-32(45)46/h6-13,20-21,42-44H,2-5,14-19,22-23H2,1H3,(H,45,46). The minimum Gasteiger partial charge on any atom is -0.507 e. The summed E-state index contributed by atoms with van der Waals surface area (Å²) in [5, 5.41) is 39.4. The van der Waals surface area contributed by atoms with Crippen LogP contribution in [0.5, 0.6) is 28.7 Å². The van der Waals surface area contributed by atoms with Crippen LogP contribution in [0, 0.1) is 0 Å². The molecule has 17 heteroatoms. The van der Waals surface area contributed by atoms with Gasteiger partial charge in [-0.25, -0.2) is 15.0 Å². The highest BCUT2D eigenvalue weighted by Crippen LogP contribution is 2.35. The van der Waals surface area contributed by atoms with Crippen LogP contribution in [0.4, 0.5) is 0 Å². The molecule has 0 spiro atoms. The number of methoxy groups -OCH3 is 1. The largest absolute Gasteiger partial charge is 0.507 e. The molecule has 17 nitrogen and oxygen atoms in total. The Morgan fingerprint density at radius 3 is 1.53 bits per heavy atom. The van der Waals surface area contributed by atoms with Crippen LogP contribution in [0.25, 0.3) is 34.2 Å². The Bertz CT molecular complexity index is 1920. The molecular weight excluding hydrogens is 722 g/mol. The number of aromatic hydroxyl groups is 2. The molecule has 0 bridgehead atoms. The number of hydrogen-bond acceptors (Lipinski definition) is 16. The average Bonchev–Trinajstić information content (AvgIpc) is 3.16. The summed E-state index contributed by atoms with van der Waals surface area (Å²) >= 11 is 0. The number of hydrogen-bond donors (Lipinski definition) is 4. The molecule has 0 aliphatic heterocycles. The van der Waals surface area contributed by atoms with Crippen molar-refractivity contribution >= 4 is 23.9 Å². The van der Waals surface area contributed by atoms with Gasteiger partial charge in [0.2, 0.25) is 0 Å². The topological polar surface area (TPSA) is 243 Å². The zero-order valence-electron chi connectivity index (χ0n) is 30.0. The molecule has 0 aliphatic rings. The number of carbonyl (C=O) groups is 4. The van der Waals surface area contributed by atoms with Crippen molar-refractivity contribution in [3.63, 3.8) is 0 Å². The highest BCUT2D eigenvalue weighted by Gasteiger charge is 2.18. The van der Waals surface area contributed by atoms with Gasteiger partial charge < -0.3 is 48.8 Å². The van der Waals surface area contributed by atoms with Gasteiger partial charge in [-0.15, -0.1) is 0 Å². The molecule has 0 saturated carbocycles. The minimum atomic E-state index is -1.25.